The van der Waals surface area contributed by atoms with Gasteiger partial charge in [0.2, 0.25) is 0 Å². The number of aromatic nitrogens is 2. The third-order valence-corrected chi connectivity index (χ3v) is 3.58. The van der Waals surface area contributed by atoms with Crippen LogP contribution in [0.15, 0.2) is 0 Å². The Hall–Kier alpha value is -1.52. The number of nitrogens with two attached hydrogens (primary N) is 1. The molecule has 5 nitrogen and oxygen atoms in total. The first kappa shape index (κ1) is 12.9. The number of ether oxygens (including phenoxy) is 1. The molecule has 1 aliphatic rings. The summed E-state index contributed by atoms with van der Waals surface area (Å²) in [5.41, 5.74) is 7.35. The van der Waals surface area contributed by atoms with Gasteiger partial charge in [0, 0.05) is 12.1 Å². The van der Waals surface area contributed by atoms with Crippen molar-refractivity contribution in [3.8, 4) is 0 Å². The molecule has 5 heteroatoms. The monoisotopic (exact) mass is 251 g/mol. The van der Waals surface area contributed by atoms with Crippen molar-refractivity contribution in [2.24, 2.45) is 5.92 Å². The normalized spacial score (nSPS) is 15.4. The van der Waals surface area contributed by atoms with E-state index < -0.39 is 0 Å². The van der Waals surface area contributed by atoms with Crippen molar-refractivity contribution in [2.75, 3.05) is 12.3 Å². The lowest BCUT2D eigenvalue weighted by Gasteiger charge is -2.25. The third-order valence-electron chi connectivity index (χ3n) is 3.58. The molecule has 0 bridgehead atoms. The van der Waals surface area contributed by atoms with Crippen molar-refractivity contribution >= 4 is 11.8 Å². The molecule has 1 aromatic heterocycles. The van der Waals surface area contributed by atoms with E-state index in [2.05, 4.69) is 5.10 Å². The predicted octanol–water partition coefficient (Wildman–Crippen LogP) is 2.00. The Morgan fingerprint density at radius 3 is 2.72 bits per heavy atom. The molecule has 1 saturated carbocycles. The van der Waals surface area contributed by atoms with E-state index in [0.717, 1.165) is 12.0 Å². The molecule has 2 N–H and O–H groups in total. The summed E-state index contributed by atoms with van der Waals surface area (Å²) in [6, 6.07) is 0. The topological polar surface area (TPSA) is 70.1 Å². The third kappa shape index (κ3) is 2.35. The molecule has 1 fully saturated rings. The molecule has 0 aromatic carbocycles. The first-order valence-corrected chi connectivity index (χ1v) is 6.69. The lowest BCUT2D eigenvalue weighted by Crippen LogP contribution is -2.17. The maximum atomic E-state index is 11.9. The highest BCUT2D eigenvalue weighted by Gasteiger charge is 2.26. The van der Waals surface area contributed by atoms with Gasteiger partial charge in [-0.3, -0.25) is 0 Å². The van der Waals surface area contributed by atoms with Gasteiger partial charge < -0.3 is 10.5 Å². The zero-order valence-electron chi connectivity index (χ0n) is 11.1. The minimum atomic E-state index is -0.356. The van der Waals surface area contributed by atoms with Gasteiger partial charge in [0.1, 0.15) is 5.82 Å². The molecular weight excluding hydrogens is 230 g/mol. The molecule has 0 amide bonds. The van der Waals surface area contributed by atoms with Crippen LogP contribution in [0.5, 0.6) is 0 Å². The first-order valence-electron chi connectivity index (χ1n) is 6.69. The fourth-order valence-corrected chi connectivity index (χ4v) is 2.30. The molecule has 0 aliphatic heterocycles. The molecule has 18 heavy (non-hydrogen) atoms. The Labute approximate surface area is 107 Å². The van der Waals surface area contributed by atoms with Crippen molar-refractivity contribution in [2.45, 2.75) is 46.1 Å². The molecule has 1 aliphatic carbocycles. The number of carbonyl (C=O) groups is 1. The van der Waals surface area contributed by atoms with Crippen LogP contribution in [-0.4, -0.2) is 22.4 Å². The zero-order chi connectivity index (χ0) is 13.1. The highest BCUT2D eigenvalue weighted by molar-refractivity contribution is 5.90. The van der Waals surface area contributed by atoms with E-state index in [1.807, 2.05) is 6.92 Å². The number of esters is 1. The number of hydrogen-bond donors (Lipinski definition) is 1. The number of nitrogen functional groups attached to an aromatic ring is 1. The summed E-state index contributed by atoms with van der Waals surface area (Å²) in [6.45, 7) is 4.79. The average Bonchev–Trinajstić information content (AvgIpc) is 2.61. The van der Waals surface area contributed by atoms with Gasteiger partial charge in [0.05, 0.1) is 6.61 Å². The van der Waals surface area contributed by atoms with Gasteiger partial charge in [0.15, 0.2) is 5.69 Å². The standard InChI is InChI=1S/C13H21N3O2/c1-3-16-12(14)10(8-9-6-5-7-9)11(15-16)13(17)18-4-2/h9H,3-8,14H2,1-2H3. The van der Waals surface area contributed by atoms with Crippen molar-refractivity contribution < 1.29 is 9.53 Å². The summed E-state index contributed by atoms with van der Waals surface area (Å²) >= 11 is 0. The number of rotatable bonds is 5. The Kier molecular flexibility index (Phi) is 3.89. The van der Waals surface area contributed by atoms with E-state index in [9.17, 15) is 4.79 Å². The van der Waals surface area contributed by atoms with E-state index in [4.69, 9.17) is 10.5 Å². The van der Waals surface area contributed by atoms with Gasteiger partial charge in [-0.15, -0.1) is 0 Å². The average molecular weight is 251 g/mol. The number of nitrogens with zero attached hydrogens (tertiary/aromatic N) is 2. The first-order chi connectivity index (χ1) is 8.67. The van der Waals surface area contributed by atoms with Crippen molar-refractivity contribution in [3.63, 3.8) is 0 Å². The zero-order valence-corrected chi connectivity index (χ0v) is 11.1. The van der Waals surface area contributed by atoms with E-state index in [1.54, 1.807) is 11.6 Å². The smallest absolute Gasteiger partial charge is 0.359 e. The van der Waals surface area contributed by atoms with Crippen LogP contribution >= 0.6 is 0 Å². The Morgan fingerprint density at radius 1 is 1.50 bits per heavy atom. The second kappa shape index (κ2) is 5.42. The van der Waals surface area contributed by atoms with Gasteiger partial charge in [-0.05, 0) is 26.2 Å². The highest BCUT2D eigenvalue weighted by atomic mass is 16.5. The summed E-state index contributed by atoms with van der Waals surface area (Å²) < 4.78 is 6.73. The second-order valence-electron chi connectivity index (χ2n) is 4.75. The van der Waals surface area contributed by atoms with Crippen LogP contribution in [0.25, 0.3) is 0 Å². The van der Waals surface area contributed by atoms with Crippen LogP contribution in [0.3, 0.4) is 0 Å². The Morgan fingerprint density at radius 2 is 2.22 bits per heavy atom. The number of anilines is 1. The number of aryl methyl sites for hydroxylation is 1. The van der Waals surface area contributed by atoms with E-state index in [0.29, 0.717) is 30.6 Å². The molecule has 0 unspecified atom stereocenters. The molecule has 1 aromatic rings. The summed E-state index contributed by atoms with van der Waals surface area (Å²) in [7, 11) is 0. The number of carbonyl (C=O) groups excluding carboxylic acids is 1. The van der Waals surface area contributed by atoms with Crippen molar-refractivity contribution in [1.29, 1.82) is 0 Å². The number of hydrogen-bond acceptors (Lipinski definition) is 4. The van der Waals surface area contributed by atoms with Crippen LogP contribution in [0.1, 0.15) is 49.2 Å². The lowest BCUT2D eigenvalue weighted by atomic mass is 9.81. The van der Waals surface area contributed by atoms with Gasteiger partial charge in [-0.25, -0.2) is 9.48 Å². The van der Waals surface area contributed by atoms with E-state index >= 15 is 0 Å². The summed E-state index contributed by atoms with van der Waals surface area (Å²) in [6.07, 6.45) is 4.57. The second-order valence-corrected chi connectivity index (χ2v) is 4.75. The molecule has 0 radical (unpaired) electrons. The Bertz CT molecular complexity index is 436. The van der Waals surface area contributed by atoms with Gasteiger partial charge >= 0.3 is 5.97 Å². The summed E-state index contributed by atoms with van der Waals surface area (Å²) in [5.74, 6) is 0.910. The minimum absolute atomic E-state index is 0.356. The van der Waals surface area contributed by atoms with E-state index in [-0.39, 0.29) is 5.97 Å². The molecule has 1 heterocycles. The van der Waals surface area contributed by atoms with Crippen LogP contribution in [0.2, 0.25) is 0 Å². The maximum Gasteiger partial charge on any atom is 0.359 e. The SMILES string of the molecule is CCOC(=O)c1nn(CC)c(N)c1CC1CCC1. The van der Waals surface area contributed by atoms with Gasteiger partial charge in [-0.1, -0.05) is 19.3 Å². The van der Waals surface area contributed by atoms with Crippen LogP contribution in [-0.2, 0) is 17.7 Å². The fourth-order valence-electron chi connectivity index (χ4n) is 2.30. The molecular formula is C13H21N3O2. The quantitative estimate of drug-likeness (QED) is 0.813. The Balaban J connectivity index is 2.27. The van der Waals surface area contributed by atoms with E-state index in [1.165, 1.54) is 19.3 Å². The van der Waals surface area contributed by atoms with Crippen molar-refractivity contribution in [1.82, 2.24) is 9.78 Å². The van der Waals surface area contributed by atoms with Crippen LogP contribution in [0, 0.1) is 5.92 Å². The molecule has 100 valence electrons. The summed E-state index contributed by atoms with van der Waals surface area (Å²) in [4.78, 5) is 11.9. The van der Waals surface area contributed by atoms with Crippen molar-refractivity contribution in [3.05, 3.63) is 11.3 Å². The lowest BCUT2D eigenvalue weighted by molar-refractivity contribution is 0.0516. The largest absolute Gasteiger partial charge is 0.461 e. The fraction of sp³-hybridized carbons (Fsp3) is 0.692. The van der Waals surface area contributed by atoms with Gasteiger partial charge in [-0.2, -0.15) is 5.10 Å². The predicted molar refractivity (Wildman–Crippen MR) is 69.3 cm³/mol. The van der Waals surface area contributed by atoms with Crippen LogP contribution < -0.4 is 5.73 Å². The molecule has 0 atom stereocenters. The molecule has 2 rings (SSSR count). The van der Waals surface area contributed by atoms with Crippen LogP contribution in [0.4, 0.5) is 5.82 Å². The molecule has 0 saturated heterocycles. The molecule has 0 spiro atoms. The summed E-state index contributed by atoms with van der Waals surface area (Å²) in [5, 5.41) is 4.28. The maximum absolute atomic E-state index is 11.9. The minimum Gasteiger partial charge on any atom is -0.461 e. The van der Waals surface area contributed by atoms with Gasteiger partial charge in [0.25, 0.3) is 0 Å². The highest BCUT2D eigenvalue weighted by Crippen LogP contribution is 2.32.